The molecule has 1 aliphatic heterocycles. The first-order valence-corrected chi connectivity index (χ1v) is 6.64. The number of nitrogens with one attached hydrogen (secondary N) is 1. The highest BCUT2D eigenvalue weighted by molar-refractivity contribution is 5.48. The summed E-state index contributed by atoms with van der Waals surface area (Å²) in [5.74, 6) is 2.34. The van der Waals surface area contributed by atoms with E-state index in [0.717, 1.165) is 37.6 Å². The van der Waals surface area contributed by atoms with E-state index < -0.39 is 0 Å². The zero-order chi connectivity index (χ0) is 13.0. The van der Waals surface area contributed by atoms with Gasteiger partial charge >= 0.3 is 0 Å². The van der Waals surface area contributed by atoms with Gasteiger partial charge < -0.3 is 15.3 Å². The van der Waals surface area contributed by atoms with Gasteiger partial charge in [0, 0.05) is 25.7 Å². The molecule has 2 N–H and O–H groups in total. The summed E-state index contributed by atoms with van der Waals surface area (Å²) in [4.78, 5) is 10.6. The van der Waals surface area contributed by atoms with Gasteiger partial charge in [-0.3, -0.25) is 0 Å². The Morgan fingerprint density at radius 2 is 2.33 bits per heavy atom. The molecule has 0 spiro atoms. The summed E-state index contributed by atoms with van der Waals surface area (Å²) in [6, 6.07) is 1.96. The molecule has 1 aliphatic rings. The molecule has 1 atom stereocenters. The molecule has 0 saturated carbocycles. The van der Waals surface area contributed by atoms with E-state index in [-0.39, 0.29) is 6.10 Å². The van der Waals surface area contributed by atoms with Gasteiger partial charge in [0.2, 0.25) is 0 Å². The number of hydrogen-bond acceptors (Lipinski definition) is 5. The molecule has 2 rings (SSSR count). The molecule has 1 saturated heterocycles. The van der Waals surface area contributed by atoms with Crippen LogP contribution in [-0.4, -0.2) is 40.8 Å². The number of aliphatic hydroxyl groups excluding tert-OH is 1. The second-order valence-corrected chi connectivity index (χ2v) is 5.28. The van der Waals surface area contributed by atoms with Crippen molar-refractivity contribution in [2.75, 3.05) is 29.9 Å². The van der Waals surface area contributed by atoms with E-state index in [4.69, 9.17) is 0 Å². The standard InChI is InChI=1S/C13H22N4O/c1-10(2)7-14-12-6-13(16-9-15-12)17-5-3-4-11(18)8-17/h6,9-11,18H,3-5,7-8H2,1-2H3,(H,14,15,16). The second kappa shape index (κ2) is 6.00. The summed E-state index contributed by atoms with van der Waals surface area (Å²) in [5.41, 5.74) is 0. The smallest absolute Gasteiger partial charge is 0.134 e. The first-order valence-electron chi connectivity index (χ1n) is 6.64. The average Bonchev–Trinajstić information content (AvgIpc) is 2.37. The maximum absolute atomic E-state index is 9.69. The molecule has 18 heavy (non-hydrogen) atoms. The SMILES string of the molecule is CC(C)CNc1cc(N2CCCC(O)C2)ncn1. The zero-order valence-corrected chi connectivity index (χ0v) is 11.1. The minimum atomic E-state index is -0.235. The summed E-state index contributed by atoms with van der Waals surface area (Å²) in [5, 5.41) is 13.0. The van der Waals surface area contributed by atoms with Crippen LogP contribution in [-0.2, 0) is 0 Å². The third kappa shape index (κ3) is 3.57. The zero-order valence-electron chi connectivity index (χ0n) is 11.1. The average molecular weight is 250 g/mol. The first-order chi connectivity index (χ1) is 8.65. The van der Waals surface area contributed by atoms with Crippen molar-refractivity contribution in [1.82, 2.24) is 9.97 Å². The van der Waals surface area contributed by atoms with Gasteiger partial charge in [-0.25, -0.2) is 9.97 Å². The van der Waals surface area contributed by atoms with Gasteiger partial charge in [-0.2, -0.15) is 0 Å². The summed E-state index contributed by atoms with van der Waals surface area (Å²) in [6.07, 6.45) is 3.25. The van der Waals surface area contributed by atoms with Crippen molar-refractivity contribution in [1.29, 1.82) is 0 Å². The number of piperidine rings is 1. The number of aromatic nitrogens is 2. The topological polar surface area (TPSA) is 61.3 Å². The lowest BCUT2D eigenvalue weighted by atomic mass is 10.1. The van der Waals surface area contributed by atoms with Gasteiger partial charge in [-0.05, 0) is 18.8 Å². The summed E-state index contributed by atoms with van der Waals surface area (Å²) < 4.78 is 0. The Morgan fingerprint density at radius 3 is 3.06 bits per heavy atom. The Morgan fingerprint density at radius 1 is 1.50 bits per heavy atom. The van der Waals surface area contributed by atoms with Gasteiger partial charge in [0.1, 0.15) is 18.0 Å². The van der Waals surface area contributed by atoms with Crippen molar-refractivity contribution in [3.05, 3.63) is 12.4 Å². The van der Waals surface area contributed by atoms with Crippen LogP contribution in [0.2, 0.25) is 0 Å². The van der Waals surface area contributed by atoms with Gasteiger partial charge in [-0.1, -0.05) is 13.8 Å². The van der Waals surface area contributed by atoms with E-state index in [1.807, 2.05) is 6.07 Å². The normalized spacial score (nSPS) is 20.2. The molecular formula is C13H22N4O. The number of rotatable bonds is 4. The molecule has 2 heterocycles. The van der Waals surface area contributed by atoms with E-state index in [9.17, 15) is 5.11 Å². The third-order valence-electron chi connectivity index (χ3n) is 3.06. The first kappa shape index (κ1) is 13.1. The molecule has 1 aromatic rings. The van der Waals surface area contributed by atoms with Crippen molar-refractivity contribution in [3.63, 3.8) is 0 Å². The Balaban J connectivity index is 2.02. The Kier molecular flexibility index (Phi) is 4.36. The summed E-state index contributed by atoms with van der Waals surface area (Å²) in [6.45, 7) is 6.85. The van der Waals surface area contributed by atoms with E-state index in [0.29, 0.717) is 12.5 Å². The number of hydrogen-bond donors (Lipinski definition) is 2. The quantitative estimate of drug-likeness (QED) is 0.848. The van der Waals surface area contributed by atoms with Crippen LogP contribution in [0.25, 0.3) is 0 Å². The Hall–Kier alpha value is -1.36. The number of β-amino-alcohol motifs (C(OH)–C–C–N with tert-alkyl or cyclic N) is 1. The minimum absolute atomic E-state index is 0.235. The molecule has 0 aliphatic carbocycles. The van der Waals surface area contributed by atoms with Crippen molar-refractivity contribution in [3.8, 4) is 0 Å². The fourth-order valence-electron chi connectivity index (χ4n) is 2.09. The molecule has 1 unspecified atom stereocenters. The van der Waals surface area contributed by atoms with Gasteiger partial charge in [0.15, 0.2) is 0 Å². The van der Waals surface area contributed by atoms with Crippen molar-refractivity contribution in [2.45, 2.75) is 32.8 Å². The van der Waals surface area contributed by atoms with Crippen LogP contribution >= 0.6 is 0 Å². The highest BCUT2D eigenvalue weighted by Gasteiger charge is 2.19. The van der Waals surface area contributed by atoms with Crippen LogP contribution in [0.15, 0.2) is 12.4 Å². The van der Waals surface area contributed by atoms with Crippen molar-refractivity contribution >= 4 is 11.6 Å². The lowest BCUT2D eigenvalue weighted by Gasteiger charge is -2.31. The lowest BCUT2D eigenvalue weighted by molar-refractivity contribution is 0.154. The summed E-state index contributed by atoms with van der Waals surface area (Å²) >= 11 is 0. The number of aliphatic hydroxyl groups is 1. The van der Waals surface area contributed by atoms with Crippen molar-refractivity contribution < 1.29 is 5.11 Å². The molecule has 5 heteroatoms. The molecule has 1 aromatic heterocycles. The molecule has 0 aromatic carbocycles. The fraction of sp³-hybridized carbons (Fsp3) is 0.692. The van der Waals surface area contributed by atoms with Gasteiger partial charge in [0.05, 0.1) is 6.10 Å². The fourth-order valence-corrected chi connectivity index (χ4v) is 2.09. The molecule has 0 radical (unpaired) electrons. The van der Waals surface area contributed by atoms with Crippen molar-refractivity contribution in [2.24, 2.45) is 5.92 Å². The van der Waals surface area contributed by atoms with E-state index >= 15 is 0 Å². The molecule has 0 amide bonds. The van der Waals surface area contributed by atoms with Crippen LogP contribution in [0.3, 0.4) is 0 Å². The maximum Gasteiger partial charge on any atom is 0.134 e. The van der Waals surface area contributed by atoms with E-state index in [1.54, 1.807) is 6.33 Å². The molecule has 0 bridgehead atoms. The summed E-state index contributed by atoms with van der Waals surface area (Å²) in [7, 11) is 0. The predicted octanol–water partition coefficient (Wildman–Crippen LogP) is 1.51. The number of anilines is 2. The monoisotopic (exact) mass is 250 g/mol. The van der Waals surface area contributed by atoms with Crippen LogP contribution in [0.4, 0.5) is 11.6 Å². The third-order valence-corrected chi connectivity index (χ3v) is 3.06. The predicted molar refractivity (Wildman–Crippen MR) is 72.8 cm³/mol. The van der Waals surface area contributed by atoms with Crippen LogP contribution < -0.4 is 10.2 Å². The molecule has 5 nitrogen and oxygen atoms in total. The highest BCUT2D eigenvalue weighted by atomic mass is 16.3. The molecule has 100 valence electrons. The van der Waals surface area contributed by atoms with Crippen LogP contribution in [0.5, 0.6) is 0 Å². The maximum atomic E-state index is 9.69. The second-order valence-electron chi connectivity index (χ2n) is 5.28. The van der Waals surface area contributed by atoms with Crippen LogP contribution in [0, 0.1) is 5.92 Å². The highest BCUT2D eigenvalue weighted by Crippen LogP contribution is 2.19. The molecular weight excluding hydrogens is 228 g/mol. The van der Waals surface area contributed by atoms with E-state index in [2.05, 4.69) is 34.0 Å². The Bertz CT molecular complexity index is 383. The van der Waals surface area contributed by atoms with Crippen LogP contribution in [0.1, 0.15) is 26.7 Å². The number of nitrogens with zero attached hydrogens (tertiary/aromatic N) is 3. The van der Waals surface area contributed by atoms with E-state index in [1.165, 1.54) is 0 Å². The molecule has 1 fully saturated rings. The largest absolute Gasteiger partial charge is 0.391 e. The minimum Gasteiger partial charge on any atom is -0.391 e. The Labute approximate surface area is 108 Å². The van der Waals surface area contributed by atoms with Gasteiger partial charge in [0.25, 0.3) is 0 Å². The van der Waals surface area contributed by atoms with Gasteiger partial charge in [-0.15, -0.1) is 0 Å². The lowest BCUT2D eigenvalue weighted by Crippen LogP contribution is -2.38.